The summed E-state index contributed by atoms with van der Waals surface area (Å²) in [6.45, 7) is 15.4. The number of esters is 1. The van der Waals surface area contributed by atoms with Crippen molar-refractivity contribution >= 4 is 34.1 Å². The second-order valence-electron chi connectivity index (χ2n) is 18.0. The van der Waals surface area contributed by atoms with Gasteiger partial charge >= 0.3 is 11.8 Å². The summed E-state index contributed by atoms with van der Waals surface area (Å²) in [6.07, 6.45) is 7.59. The van der Waals surface area contributed by atoms with E-state index >= 15 is 0 Å². The van der Waals surface area contributed by atoms with E-state index in [9.17, 15) is 34.8 Å². The summed E-state index contributed by atoms with van der Waals surface area (Å²) in [5, 5.41) is 50.2. The Balaban J connectivity index is 1.38. The molecule has 15 nitrogen and oxygen atoms in total. The normalized spacial score (nSPS) is 33.8. The predicted molar refractivity (Wildman–Crippen MR) is 226 cm³/mol. The number of fused-ring (bicyclic) bond motifs is 1. The Morgan fingerprint density at radius 2 is 1.62 bits per heavy atom. The van der Waals surface area contributed by atoms with Gasteiger partial charge in [-0.05, 0) is 38.7 Å². The molecule has 9 atom stereocenters. The fourth-order valence-electron chi connectivity index (χ4n) is 9.35. The van der Waals surface area contributed by atoms with Crippen LogP contribution in [-0.2, 0) is 23.8 Å². The average molecular weight is 845 g/mol. The summed E-state index contributed by atoms with van der Waals surface area (Å²) in [7, 11) is 1.47. The van der Waals surface area contributed by atoms with Crippen LogP contribution in [0.3, 0.4) is 0 Å². The van der Waals surface area contributed by atoms with E-state index in [0.717, 1.165) is 19.6 Å². The maximum absolute atomic E-state index is 14.7. The number of hydrogen-bond acceptors (Lipinski definition) is 14. The molecule has 1 saturated carbocycles. The number of aliphatic hydroxyl groups excluding tert-OH is 2. The number of ether oxygens (including phenoxy) is 4. The van der Waals surface area contributed by atoms with Crippen LogP contribution >= 0.6 is 0 Å². The summed E-state index contributed by atoms with van der Waals surface area (Å²) in [4.78, 5) is 53.8. The molecule has 5 aliphatic rings. The van der Waals surface area contributed by atoms with E-state index in [1.165, 1.54) is 40.1 Å². The van der Waals surface area contributed by atoms with Gasteiger partial charge < -0.3 is 49.6 Å². The van der Waals surface area contributed by atoms with Gasteiger partial charge in [-0.15, -0.1) is 0 Å². The lowest BCUT2D eigenvalue weighted by molar-refractivity contribution is -0.160. The Bertz CT molecular complexity index is 2330. The lowest BCUT2D eigenvalue weighted by Gasteiger charge is -2.38. The molecule has 1 aliphatic carbocycles. The number of nitrogens with zero attached hydrogens (tertiary/aromatic N) is 3. The van der Waals surface area contributed by atoms with Crippen LogP contribution in [0.1, 0.15) is 90.1 Å². The highest BCUT2D eigenvalue weighted by atomic mass is 16.7. The van der Waals surface area contributed by atoms with Crippen molar-refractivity contribution in [2.24, 2.45) is 39.6 Å². The van der Waals surface area contributed by atoms with Crippen LogP contribution in [0.5, 0.6) is 17.2 Å². The van der Waals surface area contributed by atoms with Crippen molar-refractivity contribution < 1.29 is 53.8 Å². The number of benzene rings is 2. The van der Waals surface area contributed by atoms with Crippen LogP contribution in [0.15, 0.2) is 46.1 Å². The van der Waals surface area contributed by atoms with E-state index in [0.29, 0.717) is 18.8 Å². The van der Waals surface area contributed by atoms with E-state index in [1.807, 2.05) is 0 Å². The Hall–Kier alpha value is -4.83. The predicted octanol–water partition coefficient (Wildman–Crippen LogP) is 4.50. The number of rotatable bonds is 4. The fourth-order valence-corrected chi connectivity index (χ4v) is 9.35. The number of phenolic OH excluding ortho intramolecular Hbond substituents is 2. The number of aromatic hydroxyl groups is 2. The van der Waals surface area contributed by atoms with Crippen LogP contribution in [-0.4, -0.2) is 106 Å². The molecule has 4 aliphatic heterocycles. The standard InChI is InChI=1S/C46H60N4O11/c1-22-11-10-12-23(2)44(57)47-36-35-34(48-46(49-35)16-18-50(19-17-46)21-29-13-14-29)31-32(40(36)55)39(54)27(6)42-33(31)43(56)45(8,61-42)59-20-15-30(58-9)24(3)41(60-28(7)51)26(5)38(53)25(4)37(22)52/h10-12,15,20,22,24-26,29-30,37-38,41,52-55H,13-14,16-19,21H2,1-9H3,(H,47,57)/b11-10+,20-15+,23-12-/t22-,24+,25+,26+,30-,37-,38+,41+,45-/m0/s1. The van der Waals surface area contributed by atoms with Crippen molar-refractivity contribution in [3.05, 3.63) is 58.0 Å². The summed E-state index contributed by atoms with van der Waals surface area (Å²) < 4.78 is 24.0. The van der Waals surface area contributed by atoms with E-state index in [4.69, 9.17) is 28.9 Å². The van der Waals surface area contributed by atoms with Crippen molar-refractivity contribution in [2.75, 3.05) is 32.1 Å². The Labute approximate surface area is 355 Å². The maximum atomic E-state index is 14.7. The maximum Gasteiger partial charge on any atom is 0.312 e. The lowest BCUT2D eigenvalue weighted by Crippen LogP contribution is -2.46. The minimum Gasteiger partial charge on any atom is -0.507 e. The van der Waals surface area contributed by atoms with E-state index in [-0.39, 0.29) is 55.4 Å². The number of allylic oxidation sites excluding steroid dienone is 2. The van der Waals surface area contributed by atoms with Crippen LogP contribution in [0.25, 0.3) is 10.8 Å². The molecule has 1 spiro atoms. The topological polar surface area (TPSA) is 209 Å². The molecule has 330 valence electrons. The summed E-state index contributed by atoms with van der Waals surface area (Å²) in [6, 6.07) is 0. The average Bonchev–Trinajstić information content (AvgIpc) is 3.91. The molecule has 61 heavy (non-hydrogen) atoms. The van der Waals surface area contributed by atoms with Crippen molar-refractivity contribution in [3.63, 3.8) is 0 Å². The van der Waals surface area contributed by atoms with Crippen LogP contribution < -0.4 is 20.8 Å². The van der Waals surface area contributed by atoms with Gasteiger partial charge in [0.15, 0.2) is 11.4 Å². The number of aliphatic hydroxyl groups is 2. The van der Waals surface area contributed by atoms with Gasteiger partial charge in [0.2, 0.25) is 0 Å². The number of anilines is 1. The van der Waals surface area contributed by atoms with Crippen LogP contribution in [0, 0.1) is 36.5 Å². The number of piperidine rings is 1. The van der Waals surface area contributed by atoms with Gasteiger partial charge in [-0.3, -0.25) is 24.4 Å². The molecule has 4 bridgehead atoms. The van der Waals surface area contributed by atoms with Gasteiger partial charge in [-0.1, -0.05) is 45.9 Å². The number of carbonyl (C=O) groups excluding carboxylic acids is 3. The van der Waals surface area contributed by atoms with Gasteiger partial charge in [-0.2, -0.15) is 0 Å². The molecule has 2 aromatic rings. The molecule has 2 fully saturated rings. The number of methoxy groups -OCH3 is 1. The smallest absolute Gasteiger partial charge is 0.312 e. The van der Waals surface area contributed by atoms with Gasteiger partial charge in [-0.25, -0.2) is 0 Å². The highest BCUT2D eigenvalue weighted by molar-refractivity contribution is 6.19. The van der Waals surface area contributed by atoms with Crippen LogP contribution in [0.2, 0.25) is 0 Å². The van der Waals surface area contributed by atoms with E-state index in [1.54, 1.807) is 65.8 Å². The third-order valence-electron chi connectivity index (χ3n) is 13.5. The third-order valence-corrected chi connectivity index (χ3v) is 13.5. The quantitative estimate of drug-likeness (QED) is 0.213. The molecule has 0 unspecified atom stereocenters. The first-order valence-corrected chi connectivity index (χ1v) is 21.4. The molecule has 1 amide bonds. The van der Waals surface area contributed by atoms with Gasteiger partial charge in [0.05, 0.1) is 40.9 Å². The summed E-state index contributed by atoms with van der Waals surface area (Å²) in [5.41, 5.74) is -0.522. The van der Waals surface area contributed by atoms with Crippen molar-refractivity contribution in [2.45, 2.75) is 117 Å². The number of hydrogen-bond donors (Lipinski definition) is 5. The van der Waals surface area contributed by atoms with E-state index < -0.39 is 82.9 Å². The summed E-state index contributed by atoms with van der Waals surface area (Å²) >= 11 is 0. The largest absolute Gasteiger partial charge is 0.507 e. The monoisotopic (exact) mass is 844 g/mol. The highest BCUT2D eigenvalue weighted by Gasteiger charge is 2.50. The van der Waals surface area contributed by atoms with Gasteiger partial charge in [0.1, 0.15) is 28.6 Å². The number of amides is 1. The minimum atomic E-state index is -1.95. The molecule has 5 N–H and O–H groups in total. The lowest BCUT2D eigenvalue weighted by atomic mass is 9.78. The molecule has 4 heterocycles. The van der Waals surface area contributed by atoms with Crippen molar-refractivity contribution in [3.8, 4) is 17.2 Å². The van der Waals surface area contributed by atoms with Crippen molar-refractivity contribution in [1.82, 2.24) is 4.90 Å². The Morgan fingerprint density at radius 3 is 2.26 bits per heavy atom. The number of nitrogens with one attached hydrogen (secondary N) is 1. The first kappa shape index (κ1) is 44.2. The molecule has 7 rings (SSSR count). The zero-order valence-electron chi connectivity index (χ0n) is 36.5. The fraction of sp³-hybridized carbons (Fsp3) is 0.587. The molecule has 1 saturated heterocycles. The Morgan fingerprint density at radius 1 is 0.951 bits per heavy atom. The zero-order valence-corrected chi connectivity index (χ0v) is 36.5. The Kier molecular flexibility index (Phi) is 12.2. The molecular weight excluding hydrogens is 785 g/mol. The van der Waals surface area contributed by atoms with Crippen LogP contribution in [0.4, 0.5) is 5.69 Å². The minimum absolute atomic E-state index is 0.0447. The number of carbonyl (C=O) groups is 3. The van der Waals surface area contributed by atoms with E-state index in [2.05, 4.69) is 10.2 Å². The number of ketones is 1. The molecule has 0 aromatic heterocycles. The van der Waals surface area contributed by atoms with Gasteiger partial charge in [0.25, 0.3) is 11.7 Å². The first-order chi connectivity index (χ1) is 28.8. The van der Waals surface area contributed by atoms with Crippen molar-refractivity contribution in [1.29, 1.82) is 0 Å². The second-order valence-corrected chi connectivity index (χ2v) is 18.0. The zero-order chi connectivity index (χ0) is 44.3. The number of phenols is 2. The molecular formula is C46H60N4O11. The number of Topliss-reactive ketones (excluding diaryl/α,β-unsaturated/α-hetero) is 1. The third kappa shape index (κ3) is 8.17. The SMILES string of the molecule is CO[C@H]1/C=C/O[C@@]2(C)Oc3c(C)c(O)c4c(O)c(c5c(c4c3C2=O)=NC2(CCN(CC3CC3)CC2)N=5)NC(=O)/C(C)=C\C=C\[C@H](C)[C@H](O)[C@@H](C)[C@@H](O)[C@@H](C)[C@H](OC(C)=O)[C@@H]1C. The second kappa shape index (κ2) is 16.8. The molecule has 0 radical (unpaired) electrons. The molecule has 15 heteroatoms. The molecule has 2 aromatic carbocycles. The van der Waals surface area contributed by atoms with Gasteiger partial charge in [0, 0.05) is 93.6 Å². The summed E-state index contributed by atoms with van der Waals surface area (Å²) in [5.74, 6) is -6.14. The number of likely N-dealkylation sites (tertiary alicyclic amines) is 1. The highest BCUT2D eigenvalue weighted by Crippen LogP contribution is 2.50. The first-order valence-electron chi connectivity index (χ1n) is 21.4.